The third kappa shape index (κ3) is 5.33. The summed E-state index contributed by atoms with van der Waals surface area (Å²) in [6, 6.07) is 0. The summed E-state index contributed by atoms with van der Waals surface area (Å²) in [7, 11) is 1.64. The lowest BCUT2D eigenvalue weighted by atomic mass is 9.74. The Morgan fingerprint density at radius 1 is 1.17 bits per heavy atom. The molecule has 0 radical (unpaired) electrons. The van der Waals surface area contributed by atoms with Crippen LogP contribution in [0.25, 0.3) is 0 Å². The zero-order valence-corrected chi connectivity index (χ0v) is 12.2. The molecule has 0 spiro atoms. The zero-order valence-electron chi connectivity index (χ0n) is 12.2. The lowest BCUT2D eigenvalue weighted by molar-refractivity contribution is -0.151. The lowest BCUT2D eigenvalue weighted by Crippen LogP contribution is -2.55. The number of hydrogen-bond acceptors (Lipinski definition) is 4. The normalized spacial score (nSPS) is 12.7. The fourth-order valence-electron chi connectivity index (χ4n) is 1.31. The summed E-state index contributed by atoms with van der Waals surface area (Å²) in [4.78, 5) is 11.2. The summed E-state index contributed by atoms with van der Waals surface area (Å²) in [5, 5.41) is 12.5. The van der Waals surface area contributed by atoms with E-state index in [0.29, 0.717) is 19.8 Å². The second-order valence-corrected chi connectivity index (χ2v) is 5.44. The highest BCUT2D eigenvalue weighted by molar-refractivity contribution is 5.75. The van der Waals surface area contributed by atoms with Gasteiger partial charge in [0.2, 0.25) is 0 Å². The Morgan fingerprint density at radius 2 is 1.78 bits per heavy atom. The molecular weight excluding hydrogens is 234 g/mol. The minimum Gasteiger partial charge on any atom is -0.481 e. The van der Waals surface area contributed by atoms with Crippen molar-refractivity contribution in [2.45, 2.75) is 39.7 Å². The zero-order chi connectivity index (χ0) is 14.2. The smallest absolute Gasteiger partial charge is 0.310 e. The first-order valence-corrected chi connectivity index (χ1v) is 6.31. The van der Waals surface area contributed by atoms with Crippen LogP contribution in [0.15, 0.2) is 0 Å². The molecule has 0 aromatic rings. The Kier molecular flexibility index (Phi) is 7.43. The van der Waals surface area contributed by atoms with Crippen LogP contribution < -0.4 is 5.32 Å². The Bertz CT molecular complexity index is 251. The molecule has 0 aliphatic heterocycles. The van der Waals surface area contributed by atoms with Crippen LogP contribution >= 0.6 is 0 Å². The molecule has 0 rings (SSSR count). The van der Waals surface area contributed by atoms with Crippen molar-refractivity contribution in [2.75, 3.05) is 33.5 Å². The molecular formula is C13H27NO4. The van der Waals surface area contributed by atoms with Gasteiger partial charge in [-0.15, -0.1) is 0 Å². The Morgan fingerprint density at radius 3 is 2.28 bits per heavy atom. The van der Waals surface area contributed by atoms with Crippen molar-refractivity contribution in [2.24, 2.45) is 5.41 Å². The van der Waals surface area contributed by atoms with Gasteiger partial charge in [-0.25, -0.2) is 0 Å². The molecule has 18 heavy (non-hydrogen) atoms. The minimum atomic E-state index is -0.816. The fourth-order valence-corrected chi connectivity index (χ4v) is 1.31. The highest BCUT2D eigenvalue weighted by atomic mass is 16.5. The lowest BCUT2D eigenvalue weighted by Gasteiger charge is -2.39. The van der Waals surface area contributed by atoms with Crippen molar-refractivity contribution >= 4 is 5.97 Å². The maximum Gasteiger partial charge on any atom is 0.310 e. The second-order valence-electron chi connectivity index (χ2n) is 5.44. The van der Waals surface area contributed by atoms with Gasteiger partial charge in [-0.2, -0.15) is 0 Å². The van der Waals surface area contributed by atoms with E-state index in [9.17, 15) is 9.90 Å². The van der Waals surface area contributed by atoms with E-state index in [1.54, 1.807) is 21.0 Å². The quantitative estimate of drug-likeness (QED) is 0.584. The summed E-state index contributed by atoms with van der Waals surface area (Å²) in [6.45, 7) is 9.87. The summed E-state index contributed by atoms with van der Waals surface area (Å²) < 4.78 is 10.2. The van der Waals surface area contributed by atoms with Gasteiger partial charge < -0.3 is 19.9 Å². The van der Waals surface area contributed by atoms with Crippen LogP contribution in [-0.4, -0.2) is 50.1 Å². The topological polar surface area (TPSA) is 67.8 Å². The molecule has 0 bridgehead atoms. The number of nitrogens with one attached hydrogen (secondary N) is 1. The molecule has 5 nitrogen and oxygen atoms in total. The predicted octanol–water partition coefficient (Wildman–Crippen LogP) is 1.52. The number of rotatable bonds is 10. The van der Waals surface area contributed by atoms with E-state index in [1.165, 1.54) is 0 Å². The predicted molar refractivity (Wildman–Crippen MR) is 70.8 cm³/mol. The van der Waals surface area contributed by atoms with Crippen molar-refractivity contribution in [1.82, 2.24) is 5.32 Å². The van der Waals surface area contributed by atoms with Gasteiger partial charge in [0.25, 0.3) is 0 Å². The molecule has 0 amide bonds. The Labute approximate surface area is 110 Å². The van der Waals surface area contributed by atoms with E-state index < -0.39 is 16.9 Å². The number of hydrogen-bond donors (Lipinski definition) is 2. The van der Waals surface area contributed by atoms with Gasteiger partial charge in [0.1, 0.15) is 0 Å². The molecule has 0 aromatic heterocycles. The largest absolute Gasteiger partial charge is 0.481 e. The average molecular weight is 261 g/mol. The molecule has 2 N–H and O–H groups in total. The van der Waals surface area contributed by atoms with Crippen molar-refractivity contribution in [3.05, 3.63) is 0 Å². The van der Waals surface area contributed by atoms with Crippen molar-refractivity contribution in [3.8, 4) is 0 Å². The van der Waals surface area contributed by atoms with Crippen molar-refractivity contribution in [3.63, 3.8) is 0 Å². The van der Waals surface area contributed by atoms with Crippen LogP contribution in [0.3, 0.4) is 0 Å². The van der Waals surface area contributed by atoms with Crippen LogP contribution in [0.1, 0.15) is 34.1 Å². The van der Waals surface area contributed by atoms with Crippen LogP contribution in [0, 0.1) is 5.41 Å². The van der Waals surface area contributed by atoms with Crippen LogP contribution in [0.4, 0.5) is 0 Å². The molecule has 108 valence electrons. The van der Waals surface area contributed by atoms with Crippen LogP contribution in [-0.2, 0) is 14.3 Å². The Hall–Kier alpha value is -0.650. The number of methoxy groups -OCH3 is 1. The first-order chi connectivity index (χ1) is 8.25. The molecule has 0 aliphatic rings. The van der Waals surface area contributed by atoms with Gasteiger partial charge >= 0.3 is 5.97 Å². The molecule has 0 fully saturated rings. The highest BCUT2D eigenvalue weighted by Crippen LogP contribution is 2.30. The Balaban J connectivity index is 3.88. The maximum atomic E-state index is 11.2. The molecule has 0 saturated carbocycles. The van der Waals surface area contributed by atoms with Gasteiger partial charge in [-0.3, -0.25) is 4.79 Å². The summed E-state index contributed by atoms with van der Waals surface area (Å²) >= 11 is 0. The van der Waals surface area contributed by atoms with E-state index in [1.807, 2.05) is 13.8 Å². The summed E-state index contributed by atoms with van der Waals surface area (Å²) in [5.41, 5.74) is -1.28. The molecule has 0 atom stereocenters. The van der Waals surface area contributed by atoms with E-state index in [-0.39, 0.29) is 0 Å². The standard InChI is InChI=1S/C13H27NO4/c1-12(2,11(15)16)13(3,4)14-7-6-8-18-10-9-17-5/h14H,6-10H2,1-5H3,(H,15,16). The van der Waals surface area contributed by atoms with Gasteiger partial charge in [0.05, 0.1) is 18.6 Å². The number of carbonyl (C=O) groups is 1. The molecule has 0 unspecified atom stereocenters. The van der Waals surface area contributed by atoms with E-state index in [2.05, 4.69) is 5.32 Å². The summed E-state index contributed by atoms with van der Waals surface area (Å²) in [6.07, 6.45) is 0.850. The van der Waals surface area contributed by atoms with Crippen LogP contribution in [0.5, 0.6) is 0 Å². The third-order valence-corrected chi connectivity index (χ3v) is 3.56. The van der Waals surface area contributed by atoms with E-state index in [0.717, 1.165) is 13.0 Å². The van der Waals surface area contributed by atoms with E-state index in [4.69, 9.17) is 9.47 Å². The van der Waals surface area contributed by atoms with Crippen LogP contribution in [0.2, 0.25) is 0 Å². The highest BCUT2D eigenvalue weighted by Gasteiger charge is 2.42. The molecule has 0 heterocycles. The SMILES string of the molecule is COCCOCCCNC(C)(C)C(C)(C)C(=O)O. The molecule has 5 heteroatoms. The van der Waals surface area contributed by atoms with Gasteiger partial charge in [0, 0.05) is 19.3 Å². The summed E-state index contributed by atoms with van der Waals surface area (Å²) in [5.74, 6) is -0.795. The average Bonchev–Trinajstić information content (AvgIpc) is 2.27. The second kappa shape index (κ2) is 7.71. The van der Waals surface area contributed by atoms with Gasteiger partial charge in [-0.05, 0) is 40.7 Å². The molecule has 0 aliphatic carbocycles. The van der Waals surface area contributed by atoms with Gasteiger partial charge in [0.15, 0.2) is 0 Å². The minimum absolute atomic E-state index is 0.467. The first-order valence-electron chi connectivity index (χ1n) is 6.31. The number of aliphatic carboxylic acids is 1. The van der Waals surface area contributed by atoms with Crippen molar-refractivity contribution in [1.29, 1.82) is 0 Å². The number of ether oxygens (including phenoxy) is 2. The maximum absolute atomic E-state index is 11.2. The number of carboxylic acid groups (broad SMARTS) is 1. The van der Waals surface area contributed by atoms with Crippen molar-refractivity contribution < 1.29 is 19.4 Å². The molecule has 0 saturated heterocycles. The van der Waals surface area contributed by atoms with E-state index >= 15 is 0 Å². The third-order valence-electron chi connectivity index (χ3n) is 3.56. The molecule has 0 aromatic carbocycles. The fraction of sp³-hybridized carbons (Fsp3) is 0.923. The monoisotopic (exact) mass is 261 g/mol. The first kappa shape index (κ1) is 17.4. The number of carboxylic acids is 1. The van der Waals surface area contributed by atoms with Gasteiger partial charge in [-0.1, -0.05) is 0 Å².